The van der Waals surface area contributed by atoms with Crippen molar-refractivity contribution in [3.63, 3.8) is 0 Å². The van der Waals surface area contributed by atoms with E-state index in [1.165, 1.54) is 18.3 Å². The summed E-state index contributed by atoms with van der Waals surface area (Å²) in [5, 5.41) is 4.47. The number of ether oxygens (including phenoxy) is 1. The van der Waals surface area contributed by atoms with E-state index < -0.39 is 24.5 Å². The Labute approximate surface area is 179 Å². The molecule has 0 unspecified atom stereocenters. The number of hydrogen-bond acceptors (Lipinski definition) is 5. The molecule has 0 radical (unpaired) electrons. The van der Waals surface area contributed by atoms with E-state index in [4.69, 9.17) is 4.74 Å². The fourth-order valence-electron chi connectivity index (χ4n) is 3.01. The first kappa shape index (κ1) is 21.5. The highest BCUT2D eigenvalue weighted by molar-refractivity contribution is 7.12. The number of rotatable bonds is 8. The van der Waals surface area contributed by atoms with Gasteiger partial charge < -0.3 is 10.1 Å². The number of aryl methyl sites for hydroxylation is 1. The summed E-state index contributed by atoms with van der Waals surface area (Å²) in [5.74, 6) is -1.22. The van der Waals surface area contributed by atoms with Gasteiger partial charge in [0, 0.05) is 5.56 Å². The lowest BCUT2D eigenvalue weighted by atomic mass is 10.0. The third-order valence-corrected chi connectivity index (χ3v) is 5.55. The maximum Gasteiger partial charge on any atom is 0.349 e. The largest absolute Gasteiger partial charge is 0.451 e. The van der Waals surface area contributed by atoms with E-state index in [-0.39, 0.29) is 5.78 Å². The topological polar surface area (TPSA) is 72.5 Å². The first-order chi connectivity index (χ1) is 14.4. The number of ketones is 1. The second kappa shape index (κ2) is 9.98. The van der Waals surface area contributed by atoms with Crippen molar-refractivity contribution in [3.05, 3.63) is 82.0 Å². The van der Waals surface area contributed by atoms with Gasteiger partial charge in [0.1, 0.15) is 4.88 Å². The van der Waals surface area contributed by atoms with Gasteiger partial charge in [-0.3, -0.25) is 9.59 Å². The summed E-state index contributed by atoms with van der Waals surface area (Å²) >= 11 is 1.27. The second-order valence-corrected chi connectivity index (χ2v) is 7.94. The molecular weight excluding hydrogens is 398 g/mol. The highest BCUT2D eigenvalue weighted by Crippen LogP contribution is 2.29. The number of amides is 1. The van der Waals surface area contributed by atoms with Crippen molar-refractivity contribution < 1.29 is 19.1 Å². The number of thiophene rings is 1. The van der Waals surface area contributed by atoms with E-state index in [1.807, 2.05) is 73.0 Å². The van der Waals surface area contributed by atoms with Crippen LogP contribution in [0, 0.1) is 6.92 Å². The van der Waals surface area contributed by atoms with Crippen LogP contribution in [0.4, 0.5) is 0 Å². The minimum absolute atomic E-state index is 0.154. The SMILES string of the molecule is CC(=O)[C@@H](Cc1ccccc1)NC(=O)COC(=O)c1sccc1-c1ccc(C)cc1. The summed E-state index contributed by atoms with van der Waals surface area (Å²) in [4.78, 5) is 37.2. The summed E-state index contributed by atoms with van der Waals surface area (Å²) in [6.45, 7) is 2.99. The van der Waals surface area contributed by atoms with Crippen molar-refractivity contribution in [3.8, 4) is 11.1 Å². The monoisotopic (exact) mass is 421 g/mol. The molecule has 6 heteroatoms. The van der Waals surface area contributed by atoms with E-state index in [1.54, 1.807) is 0 Å². The molecule has 0 aliphatic carbocycles. The molecule has 0 fully saturated rings. The van der Waals surface area contributed by atoms with E-state index in [0.29, 0.717) is 11.3 Å². The molecule has 1 N–H and O–H groups in total. The minimum Gasteiger partial charge on any atom is -0.451 e. The molecule has 0 saturated heterocycles. The number of benzene rings is 2. The van der Waals surface area contributed by atoms with Crippen molar-refractivity contribution in [2.24, 2.45) is 0 Å². The van der Waals surface area contributed by atoms with Gasteiger partial charge in [-0.25, -0.2) is 4.79 Å². The van der Waals surface area contributed by atoms with Crippen molar-refractivity contribution in [1.29, 1.82) is 0 Å². The molecule has 1 amide bonds. The zero-order chi connectivity index (χ0) is 21.5. The molecular formula is C24H23NO4S. The van der Waals surface area contributed by atoms with Gasteiger partial charge in [0.05, 0.1) is 6.04 Å². The molecule has 1 heterocycles. The molecule has 154 valence electrons. The Morgan fingerprint density at radius 2 is 1.70 bits per heavy atom. The summed E-state index contributed by atoms with van der Waals surface area (Å²) in [7, 11) is 0. The number of nitrogens with one attached hydrogen (secondary N) is 1. The molecule has 0 saturated carbocycles. The molecule has 0 aliphatic rings. The zero-order valence-electron chi connectivity index (χ0n) is 16.9. The number of esters is 1. The van der Waals surface area contributed by atoms with Crippen molar-refractivity contribution in [2.45, 2.75) is 26.3 Å². The normalized spacial score (nSPS) is 11.5. The Kier molecular flexibility index (Phi) is 7.14. The Morgan fingerprint density at radius 1 is 1.00 bits per heavy atom. The van der Waals surface area contributed by atoms with Crippen LogP contribution in [0.5, 0.6) is 0 Å². The quantitative estimate of drug-likeness (QED) is 0.554. The lowest BCUT2D eigenvalue weighted by Crippen LogP contribution is -2.43. The highest BCUT2D eigenvalue weighted by Gasteiger charge is 2.20. The lowest BCUT2D eigenvalue weighted by molar-refractivity contribution is -0.128. The smallest absolute Gasteiger partial charge is 0.349 e. The van der Waals surface area contributed by atoms with E-state index in [9.17, 15) is 14.4 Å². The van der Waals surface area contributed by atoms with Gasteiger partial charge in [0.25, 0.3) is 5.91 Å². The minimum atomic E-state index is -0.663. The van der Waals surface area contributed by atoms with Gasteiger partial charge in [0.15, 0.2) is 12.4 Å². The molecule has 30 heavy (non-hydrogen) atoms. The van der Waals surface area contributed by atoms with Crippen LogP contribution in [0.15, 0.2) is 66.0 Å². The average molecular weight is 422 g/mol. The van der Waals surface area contributed by atoms with Crippen LogP contribution in [-0.2, 0) is 20.7 Å². The predicted molar refractivity (Wildman–Crippen MR) is 118 cm³/mol. The van der Waals surface area contributed by atoms with Crippen LogP contribution in [0.25, 0.3) is 11.1 Å². The molecule has 0 spiro atoms. The third-order valence-electron chi connectivity index (χ3n) is 4.66. The molecule has 0 aliphatic heterocycles. The third kappa shape index (κ3) is 5.64. The first-order valence-electron chi connectivity index (χ1n) is 9.59. The average Bonchev–Trinajstić information content (AvgIpc) is 3.23. The maximum atomic E-state index is 12.5. The summed E-state index contributed by atoms with van der Waals surface area (Å²) in [6.07, 6.45) is 0.387. The summed E-state index contributed by atoms with van der Waals surface area (Å²) < 4.78 is 5.21. The van der Waals surface area contributed by atoms with Crippen molar-refractivity contribution in [2.75, 3.05) is 6.61 Å². The van der Waals surface area contributed by atoms with Gasteiger partial charge in [0.2, 0.25) is 0 Å². The van der Waals surface area contributed by atoms with Gasteiger partial charge in [-0.2, -0.15) is 0 Å². The molecule has 1 aromatic heterocycles. The number of carbonyl (C=O) groups is 3. The molecule has 2 aromatic carbocycles. The van der Waals surface area contributed by atoms with Gasteiger partial charge >= 0.3 is 5.97 Å². The first-order valence-corrected chi connectivity index (χ1v) is 10.5. The number of carbonyl (C=O) groups excluding carboxylic acids is 3. The Balaban J connectivity index is 1.59. The highest BCUT2D eigenvalue weighted by atomic mass is 32.1. The van der Waals surface area contributed by atoms with Crippen LogP contribution in [-0.4, -0.2) is 30.3 Å². The molecule has 5 nitrogen and oxygen atoms in total. The fraction of sp³-hybridized carbons (Fsp3) is 0.208. The fourth-order valence-corrected chi connectivity index (χ4v) is 3.81. The Hall–Kier alpha value is -3.25. The molecule has 1 atom stereocenters. The van der Waals surface area contributed by atoms with Crippen LogP contribution < -0.4 is 5.32 Å². The van der Waals surface area contributed by atoms with Crippen molar-refractivity contribution in [1.82, 2.24) is 5.32 Å². The van der Waals surface area contributed by atoms with Crippen LogP contribution in [0.3, 0.4) is 0 Å². The van der Waals surface area contributed by atoms with Crippen LogP contribution >= 0.6 is 11.3 Å². The summed E-state index contributed by atoms with van der Waals surface area (Å²) in [6, 6.07) is 18.5. The van der Waals surface area contributed by atoms with E-state index >= 15 is 0 Å². The van der Waals surface area contributed by atoms with Gasteiger partial charge in [-0.15, -0.1) is 11.3 Å². The van der Waals surface area contributed by atoms with Crippen LogP contribution in [0.1, 0.15) is 27.7 Å². The van der Waals surface area contributed by atoms with E-state index in [0.717, 1.165) is 22.3 Å². The Morgan fingerprint density at radius 3 is 2.37 bits per heavy atom. The number of Topliss-reactive ketones (excluding diaryl/α,β-unsaturated/α-hetero) is 1. The van der Waals surface area contributed by atoms with Crippen LogP contribution in [0.2, 0.25) is 0 Å². The standard InChI is InChI=1S/C24H23NO4S/c1-16-8-10-19(11-9-16)20-12-13-30-23(20)24(28)29-15-22(27)25-21(17(2)26)14-18-6-4-3-5-7-18/h3-13,21H,14-15H2,1-2H3,(H,25,27)/t21-/m1/s1. The predicted octanol–water partition coefficient (Wildman–Crippen LogP) is 4.20. The lowest BCUT2D eigenvalue weighted by Gasteiger charge is -2.16. The maximum absolute atomic E-state index is 12.5. The van der Waals surface area contributed by atoms with Gasteiger partial charge in [-0.05, 0) is 42.8 Å². The zero-order valence-corrected chi connectivity index (χ0v) is 17.7. The summed E-state index contributed by atoms with van der Waals surface area (Å²) in [5.41, 5.74) is 3.76. The second-order valence-electron chi connectivity index (χ2n) is 7.03. The number of hydrogen-bond donors (Lipinski definition) is 1. The van der Waals surface area contributed by atoms with Gasteiger partial charge in [-0.1, -0.05) is 60.2 Å². The van der Waals surface area contributed by atoms with E-state index in [2.05, 4.69) is 5.32 Å². The van der Waals surface area contributed by atoms with Crippen molar-refractivity contribution >= 4 is 29.0 Å². The molecule has 3 aromatic rings. The Bertz CT molecular complexity index is 1020. The molecule has 0 bridgehead atoms. The molecule has 3 rings (SSSR count).